The molecule has 0 radical (unpaired) electrons. The van der Waals surface area contributed by atoms with Crippen molar-refractivity contribution in [1.82, 2.24) is 28.3 Å². The van der Waals surface area contributed by atoms with Gasteiger partial charge in [0, 0.05) is 42.3 Å². The lowest BCUT2D eigenvalue weighted by Crippen LogP contribution is -2.33. The van der Waals surface area contributed by atoms with Gasteiger partial charge < -0.3 is 9.13 Å². The number of fused-ring (bicyclic) bond motifs is 2. The van der Waals surface area contributed by atoms with Crippen molar-refractivity contribution in [2.45, 2.75) is 46.0 Å². The molecule has 0 N–H and O–H groups in total. The van der Waals surface area contributed by atoms with Crippen LogP contribution in [-0.4, -0.2) is 34.5 Å². The zero-order valence-electron chi connectivity index (χ0n) is 18.0. The molecule has 0 bridgehead atoms. The highest BCUT2D eigenvalue weighted by atomic mass is 19.4. The molecule has 33 heavy (non-hydrogen) atoms. The molecule has 0 spiro atoms. The summed E-state index contributed by atoms with van der Waals surface area (Å²) in [5, 5.41) is 4.22. The number of imidazole rings is 1. The van der Waals surface area contributed by atoms with Crippen molar-refractivity contribution >= 4 is 5.52 Å². The van der Waals surface area contributed by atoms with Crippen molar-refractivity contribution in [2.24, 2.45) is 5.92 Å². The van der Waals surface area contributed by atoms with E-state index in [0.29, 0.717) is 22.6 Å². The third-order valence-electron chi connectivity index (χ3n) is 6.25. The number of nitrogens with zero attached hydrogens (tertiary/aromatic N) is 6. The lowest BCUT2D eigenvalue weighted by atomic mass is 9.94. The van der Waals surface area contributed by atoms with Crippen molar-refractivity contribution in [3.05, 3.63) is 80.4 Å². The Morgan fingerprint density at radius 1 is 1.12 bits per heavy atom. The summed E-state index contributed by atoms with van der Waals surface area (Å²) < 4.78 is 45.8. The fraction of sp³-hybridized carbons (Fsp3) is 0.364. The van der Waals surface area contributed by atoms with E-state index in [2.05, 4.69) is 10.1 Å². The first-order chi connectivity index (χ1) is 15.6. The number of aryl methyl sites for hydroxylation is 3. The Hall–Kier alpha value is -3.63. The van der Waals surface area contributed by atoms with Gasteiger partial charge in [-0.15, -0.1) is 0 Å². The van der Waals surface area contributed by atoms with E-state index in [-0.39, 0.29) is 37.0 Å². The topological polar surface area (TPSA) is 79.1 Å². The molecule has 1 atom stereocenters. The standard InChI is InChI=1S/C22H21F3N6O2/c1-13-9-28(12-26-13)17-3-4-18-21(33)29(14(2)10-30(18)20(17)32)11-15-8-27-31-6-5-16(7-19(15)31)22(23,24)25/h3-4,8-10,12,16H,5-7,11H2,1-2H3. The van der Waals surface area contributed by atoms with E-state index in [1.54, 1.807) is 40.7 Å². The molecule has 1 aliphatic heterocycles. The fourth-order valence-electron chi connectivity index (χ4n) is 4.42. The maximum Gasteiger partial charge on any atom is 0.392 e. The molecule has 11 heteroatoms. The summed E-state index contributed by atoms with van der Waals surface area (Å²) >= 11 is 0. The Labute approximate surface area is 185 Å². The summed E-state index contributed by atoms with van der Waals surface area (Å²) in [6, 6.07) is 3.13. The maximum atomic E-state index is 13.3. The number of alkyl halides is 3. The summed E-state index contributed by atoms with van der Waals surface area (Å²) in [7, 11) is 0. The second-order valence-electron chi connectivity index (χ2n) is 8.43. The highest BCUT2D eigenvalue weighted by Crippen LogP contribution is 2.35. The largest absolute Gasteiger partial charge is 0.392 e. The predicted octanol–water partition coefficient (Wildman–Crippen LogP) is 2.63. The SMILES string of the molecule is Cc1cn(-c2ccc3c(=O)n(Cc4cnn5c4CC(C(F)(F)F)CC5)c(C)cn3c2=O)cn1. The lowest BCUT2D eigenvalue weighted by Gasteiger charge is -2.26. The molecule has 0 saturated carbocycles. The van der Waals surface area contributed by atoms with Gasteiger partial charge >= 0.3 is 6.18 Å². The Morgan fingerprint density at radius 2 is 1.91 bits per heavy atom. The summed E-state index contributed by atoms with van der Waals surface area (Å²) in [6.07, 6.45) is 1.91. The minimum Gasteiger partial charge on any atom is -0.305 e. The monoisotopic (exact) mass is 458 g/mol. The van der Waals surface area contributed by atoms with E-state index < -0.39 is 17.7 Å². The highest BCUT2D eigenvalue weighted by Gasteiger charge is 2.42. The molecule has 172 valence electrons. The normalized spacial score (nSPS) is 16.3. The quantitative estimate of drug-likeness (QED) is 0.473. The summed E-state index contributed by atoms with van der Waals surface area (Å²) in [5.74, 6) is -1.42. The van der Waals surface area contributed by atoms with Crippen molar-refractivity contribution in [3.8, 4) is 5.69 Å². The minimum absolute atomic E-state index is 0.00569. The lowest BCUT2D eigenvalue weighted by molar-refractivity contribution is -0.179. The number of rotatable bonds is 3. The van der Waals surface area contributed by atoms with Gasteiger partial charge in [0.05, 0.1) is 30.7 Å². The number of hydrogen-bond donors (Lipinski definition) is 0. The third kappa shape index (κ3) is 3.57. The van der Waals surface area contributed by atoms with Gasteiger partial charge in [0.2, 0.25) is 0 Å². The van der Waals surface area contributed by atoms with Gasteiger partial charge in [-0.3, -0.25) is 18.7 Å². The molecule has 0 saturated heterocycles. The minimum atomic E-state index is -4.27. The van der Waals surface area contributed by atoms with E-state index in [1.165, 1.54) is 21.5 Å². The van der Waals surface area contributed by atoms with Crippen molar-refractivity contribution in [2.75, 3.05) is 0 Å². The van der Waals surface area contributed by atoms with Crippen LogP contribution in [0.5, 0.6) is 0 Å². The highest BCUT2D eigenvalue weighted by molar-refractivity contribution is 5.49. The molecule has 4 aromatic heterocycles. The Morgan fingerprint density at radius 3 is 2.61 bits per heavy atom. The van der Waals surface area contributed by atoms with Gasteiger partial charge in [-0.2, -0.15) is 18.3 Å². The number of pyridine rings is 1. The van der Waals surface area contributed by atoms with Gasteiger partial charge in [-0.25, -0.2) is 4.98 Å². The van der Waals surface area contributed by atoms with E-state index in [1.807, 2.05) is 6.92 Å². The van der Waals surface area contributed by atoms with Crippen molar-refractivity contribution in [3.63, 3.8) is 0 Å². The van der Waals surface area contributed by atoms with E-state index >= 15 is 0 Å². The van der Waals surface area contributed by atoms with Gasteiger partial charge in [0.25, 0.3) is 11.1 Å². The molecule has 0 aliphatic carbocycles. The van der Waals surface area contributed by atoms with Crippen molar-refractivity contribution in [1.29, 1.82) is 0 Å². The van der Waals surface area contributed by atoms with Crippen LogP contribution in [0.1, 0.15) is 29.1 Å². The summed E-state index contributed by atoms with van der Waals surface area (Å²) in [5.41, 5.74) is 2.11. The van der Waals surface area contributed by atoms with Gasteiger partial charge in [0.1, 0.15) is 11.2 Å². The van der Waals surface area contributed by atoms with Crippen LogP contribution in [0.25, 0.3) is 11.2 Å². The zero-order valence-corrected chi connectivity index (χ0v) is 18.0. The molecule has 0 fully saturated rings. The molecule has 0 amide bonds. The molecule has 5 rings (SSSR count). The van der Waals surface area contributed by atoms with Crippen LogP contribution in [0, 0.1) is 19.8 Å². The molecule has 5 heterocycles. The first-order valence-electron chi connectivity index (χ1n) is 10.5. The average Bonchev–Trinajstić information content (AvgIpc) is 3.37. The van der Waals surface area contributed by atoms with E-state index in [4.69, 9.17) is 0 Å². The molecule has 1 unspecified atom stereocenters. The summed E-state index contributed by atoms with van der Waals surface area (Å²) in [4.78, 5) is 30.4. The second-order valence-corrected chi connectivity index (χ2v) is 8.43. The number of halogens is 3. The van der Waals surface area contributed by atoms with Crippen LogP contribution in [-0.2, 0) is 19.5 Å². The van der Waals surface area contributed by atoms with Crippen LogP contribution >= 0.6 is 0 Å². The van der Waals surface area contributed by atoms with Crippen molar-refractivity contribution < 1.29 is 13.2 Å². The third-order valence-corrected chi connectivity index (χ3v) is 6.25. The molecule has 4 aromatic rings. The van der Waals surface area contributed by atoms with Crippen LogP contribution in [0.2, 0.25) is 0 Å². The van der Waals surface area contributed by atoms with Crippen LogP contribution < -0.4 is 11.1 Å². The fourth-order valence-corrected chi connectivity index (χ4v) is 4.42. The molecular weight excluding hydrogens is 437 g/mol. The average molecular weight is 458 g/mol. The van der Waals surface area contributed by atoms with Gasteiger partial charge in [-0.05, 0) is 32.4 Å². The smallest absolute Gasteiger partial charge is 0.305 e. The molecule has 1 aliphatic rings. The first-order valence-corrected chi connectivity index (χ1v) is 10.5. The molecule has 0 aromatic carbocycles. The van der Waals surface area contributed by atoms with Gasteiger partial charge in [-0.1, -0.05) is 0 Å². The number of aromatic nitrogens is 6. The summed E-state index contributed by atoms with van der Waals surface area (Å²) in [6.45, 7) is 3.77. The van der Waals surface area contributed by atoms with E-state index in [0.717, 1.165) is 5.69 Å². The number of hydrogen-bond acceptors (Lipinski definition) is 4. The Kier molecular flexibility index (Phi) is 4.80. The Balaban J connectivity index is 1.55. The Bertz CT molecular complexity index is 1490. The maximum absolute atomic E-state index is 13.3. The predicted molar refractivity (Wildman–Crippen MR) is 114 cm³/mol. The van der Waals surface area contributed by atoms with Crippen LogP contribution in [0.15, 0.2) is 46.6 Å². The first kappa shape index (κ1) is 21.2. The second kappa shape index (κ2) is 7.46. The zero-order chi connectivity index (χ0) is 23.5. The molecule has 8 nitrogen and oxygen atoms in total. The van der Waals surface area contributed by atoms with E-state index in [9.17, 15) is 22.8 Å². The molecular formula is C22H21F3N6O2. The van der Waals surface area contributed by atoms with Gasteiger partial charge in [0.15, 0.2) is 0 Å². The van der Waals surface area contributed by atoms with Crippen LogP contribution in [0.3, 0.4) is 0 Å². The van der Waals surface area contributed by atoms with Crippen LogP contribution in [0.4, 0.5) is 13.2 Å².